The van der Waals surface area contributed by atoms with Gasteiger partial charge in [-0.25, -0.2) is 4.98 Å². The quantitative estimate of drug-likeness (QED) is 0.201. The third kappa shape index (κ3) is 5.52. The van der Waals surface area contributed by atoms with E-state index in [2.05, 4.69) is 24.9 Å². The van der Waals surface area contributed by atoms with Crippen LogP contribution >= 0.6 is 11.6 Å². The van der Waals surface area contributed by atoms with E-state index in [4.69, 9.17) is 32.5 Å². The Labute approximate surface area is 221 Å². The van der Waals surface area contributed by atoms with E-state index in [-0.39, 0.29) is 18.1 Å². The maximum Gasteiger partial charge on any atom is 0.282 e. The average Bonchev–Trinajstić information content (AvgIpc) is 2.88. The normalized spacial score (nSPS) is 11.3. The van der Waals surface area contributed by atoms with Crippen LogP contribution in [0.4, 0.5) is 0 Å². The highest BCUT2D eigenvalue weighted by Crippen LogP contribution is 2.34. The number of ether oxygens (including phenoxy) is 2. The molecule has 0 aliphatic carbocycles. The van der Waals surface area contributed by atoms with E-state index >= 15 is 0 Å². The van der Waals surface area contributed by atoms with Crippen molar-refractivity contribution in [1.82, 2.24) is 9.66 Å². The monoisotopic (exact) mass is 513 g/mol. The van der Waals surface area contributed by atoms with Crippen molar-refractivity contribution in [2.24, 2.45) is 5.10 Å². The molecule has 0 saturated carbocycles. The van der Waals surface area contributed by atoms with Gasteiger partial charge in [0.1, 0.15) is 18.1 Å². The molecule has 1 aromatic heterocycles. The van der Waals surface area contributed by atoms with Crippen LogP contribution in [0.1, 0.15) is 43.4 Å². The number of aromatic nitrogens is 2. The second-order valence-electron chi connectivity index (χ2n) is 8.79. The van der Waals surface area contributed by atoms with Gasteiger partial charge < -0.3 is 9.47 Å². The molecule has 4 aromatic rings. The van der Waals surface area contributed by atoms with Crippen molar-refractivity contribution in [3.63, 3.8) is 0 Å². The Morgan fingerprint density at radius 3 is 2.62 bits per heavy atom. The number of fused-ring (bicyclic) bond motifs is 1. The maximum atomic E-state index is 13.6. The number of rotatable bonds is 8. The zero-order valence-corrected chi connectivity index (χ0v) is 22.0. The van der Waals surface area contributed by atoms with Crippen molar-refractivity contribution in [3.8, 4) is 35.2 Å². The number of nitrogens with zero attached hydrogens (tertiary/aromatic N) is 3. The number of hydrogen-bond donors (Lipinski definition) is 0. The molecule has 0 bridgehead atoms. The highest BCUT2D eigenvalue weighted by atomic mass is 35.5. The third-order valence-electron chi connectivity index (χ3n) is 5.86. The largest absolute Gasteiger partial charge is 0.494 e. The summed E-state index contributed by atoms with van der Waals surface area (Å²) in [7, 11) is 0. The van der Waals surface area contributed by atoms with E-state index in [1.54, 1.807) is 30.5 Å². The summed E-state index contributed by atoms with van der Waals surface area (Å²) in [6.07, 6.45) is 6.83. The van der Waals surface area contributed by atoms with Crippen LogP contribution in [-0.2, 0) is 0 Å². The summed E-state index contributed by atoms with van der Waals surface area (Å²) in [6, 6.07) is 16.5. The summed E-state index contributed by atoms with van der Waals surface area (Å²) >= 11 is 6.34. The molecule has 1 heterocycles. The van der Waals surface area contributed by atoms with Gasteiger partial charge in [0.2, 0.25) is 0 Å². The maximum absolute atomic E-state index is 13.6. The molecule has 4 rings (SSSR count). The summed E-state index contributed by atoms with van der Waals surface area (Å²) < 4.78 is 12.7. The molecule has 188 valence electrons. The molecule has 0 fully saturated rings. The van der Waals surface area contributed by atoms with Gasteiger partial charge in [-0.05, 0) is 78.9 Å². The molecule has 0 amide bonds. The zero-order chi connectivity index (χ0) is 26.5. The smallest absolute Gasteiger partial charge is 0.282 e. The molecule has 0 unspecified atom stereocenters. The van der Waals surface area contributed by atoms with Crippen LogP contribution in [0.2, 0.25) is 5.02 Å². The lowest BCUT2D eigenvalue weighted by atomic mass is 9.96. The molecular formula is C30H28ClN3O3. The summed E-state index contributed by atoms with van der Waals surface area (Å²) in [6.45, 7) is 8.84. The number of aryl methyl sites for hydroxylation is 1. The highest BCUT2D eigenvalue weighted by Gasteiger charge is 2.18. The lowest BCUT2D eigenvalue weighted by molar-refractivity contribution is 0.335. The summed E-state index contributed by atoms with van der Waals surface area (Å²) in [5.41, 5.74) is 3.80. The van der Waals surface area contributed by atoms with Crippen LogP contribution in [0.25, 0.3) is 22.3 Å². The van der Waals surface area contributed by atoms with Gasteiger partial charge in [0.05, 0.1) is 28.7 Å². The second kappa shape index (κ2) is 11.3. The van der Waals surface area contributed by atoms with Crippen molar-refractivity contribution in [1.29, 1.82) is 0 Å². The van der Waals surface area contributed by atoms with Crippen LogP contribution < -0.4 is 15.0 Å². The first-order valence-electron chi connectivity index (χ1n) is 12.0. The predicted octanol–water partition coefficient (Wildman–Crippen LogP) is 6.44. The first kappa shape index (κ1) is 26.0. The molecule has 0 aliphatic heterocycles. The summed E-state index contributed by atoms with van der Waals surface area (Å²) in [5, 5.41) is 5.44. The van der Waals surface area contributed by atoms with Crippen molar-refractivity contribution < 1.29 is 9.47 Å². The van der Waals surface area contributed by atoms with Gasteiger partial charge in [0.25, 0.3) is 5.56 Å². The summed E-state index contributed by atoms with van der Waals surface area (Å²) in [4.78, 5) is 18.5. The number of terminal acetylenes is 1. The molecule has 0 radical (unpaired) electrons. The van der Waals surface area contributed by atoms with Gasteiger partial charge in [-0.15, -0.1) is 6.42 Å². The van der Waals surface area contributed by atoms with Crippen molar-refractivity contribution in [2.75, 3.05) is 13.2 Å². The molecule has 6 nitrogen and oxygen atoms in total. The van der Waals surface area contributed by atoms with Gasteiger partial charge >= 0.3 is 0 Å². The zero-order valence-electron chi connectivity index (χ0n) is 21.3. The molecule has 3 aromatic carbocycles. The molecule has 0 saturated heterocycles. The Morgan fingerprint density at radius 2 is 1.92 bits per heavy atom. The molecule has 0 aliphatic rings. The molecule has 0 atom stereocenters. The Hall–Kier alpha value is -4.08. The van der Waals surface area contributed by atoms with Crippen molar-refractivity contribution in [3.05, 3.63) is 86.7 Å². The number of halogens is 1. The molecule has 0 spiro atoms. The second-order valence-corrected chi connectivity index (χ2v) is 9.20. The van der Waals surface area contributed by atoms with Crippen LogP contribution in [-0.4, -0.2) is 29.1 Å². The highest BCUT2D eigenvalue weighted by molar-refractivity contribution is 6.32. The minimum atomic E-state index is -0.267. The number of hydrogen-bond acceptors (Lipinski definition) is 5. The Morgan fingerprint density at radius 1 is 1.14 bits per heavy atom. The number of para-hydroxylation sites is 1. The molecule has 0 N–H and O–H groups in total. The van der Waals surface area contributed by atoms with Crippen LogP contribution in [0, 0.1) is 19.3 Å². The van der Waals surface area contributed by atoms with E-state index in [0.29, 0.717) is 39.7 Å². The standard InChI is InChI=1S/C30H28ClN3O3/c1-6-14-37-27-13-12-21(16-25(27)31)18-32-34-29(33-26-11-9-8-10-22(26)30(34)35)24-17-23(19(3)4)28(36-7-2)15-20(24)5/h1,8-13,15-19H,7,14H2,2-5H3. The fraction of sp³-hybridized carbons (Fsp3) is 0.233. The number of benzene rings is 3. The van der Waals surface area contributed by atoms with Crippen LogP contribution in [0.5, 0.6) is 11.5 Å². The van der Waals surface area contributed by atoms with E-state index < -0.39 is 0 Å². The van der Waals surface area contributed by atoms with E-state index in [1.807, 2.05) is 44.2 Å². The predicted molar refractivity (Wildman–Crippen MR) is 150 cm³/mol. The van der Waals surface area contributed by atoms with Gasteiger partial charge in [0.15, 0.2) is 5.82 Å². The van der Waals surface area contributed by atoms with Crippen molar-refractivity contribution in [2.45, 2.75) is 33.6 Å². The first-order valence-corrected chi connectivity index (χ1v) is 12.4. The van der Waals surface area contributed by atoms with E-state index in [9.17, 15) is 4.79 Å². The van der Waals surface area contributed by atoms with Crippen molar-refractivity contribution >= 4 is 28.7 Å². The minimum Gasteiger partial charge on any atom is -0.494 e. The van der Waals surface area contributed by atoms with Gasteiger partial charge in [-0.3, -0.25) is 4.79 Å². The minimum absolute atomic E-state index is 0.120. The SMILES string of the molecule is C#CCOc1ccc(C=Nn2c(-c3cc(C(C)C)c(OCC)cc3C)nc3ccccc3c2=O)cc1Cl. The fourth-order valence-electron chi connectivity index (χ4n) is 4.03. The van der Waals surface area contributed by atoms with E-state index in [0.717, 1.165) is 22.4 Å². The van der Waals surface area contributed by atoms with Gasteiger partial charge in [-0.1, -0.05) is 43.5 Å². The molecule has 7 heteroatoms. The summed E-state index contributed by atoms with van der Waals surface area (Å²) in [5.74, 6) is 4.38. The Bertz CT molecular complexity index is 1580. The molecule has 37 heavy (non-hydrogen) atoms. The Kier molecular flexibility index (Phi) is 7.95. The Balaban J connectivity index is 1.89. The fourth-order valence-corrected chi connectivity index (χ4v) is 4.28. The lowest BCUT2D eigenvalue weighted by Gasteiger charge is -2.18. The topological polar surface area (TPSA) is 65.7 Å². The molecular weight excluding hydrogens is 486 g/mol. The van der Waals surface area contributed by atoms with Crippen LogP contribution in [0.3, 0.4) is 0 Å². The third-order valence-corrected chi connectivity index (χ3v) is 6.16. The van der Waals surface area contributed by atoms with Gasteiger partial charge in [-0.2, -0.15) is 9.78 Å². The van der Waals surface area contributed by atoms with Gasteiger partial charge in [0, 0.05) is 5.56 Å². The van der Waals surface area contributed by atoms with Crippen LogP contribution in [0.15, 0.2) is 64.5 Å². The van der Waals surface area contributed by atoms with E-state index in [1.165, 1.54) is 4.68 Å². The average molecular weight is 514 g/mol. The lowest BCUT2D eigenvalue weighted by Crippen LogP contribution is -2.20. The first-order chi connectivity index (χ1) is 17.8.